The Labute approximate surface area is 213 Å². The van der Waals surface area contributed by atoms with Crippen LogP contribution in [0.3, 0.4) is 0 Å². The molecule has 2 unspecified atom stereocenters. The van der Waals surface area contributed by atoms with Crippen molar-refractivity contribution in [3.05, 3.63) is 99.0 Å². The minimum Gasteiger partial charge on any atom is -0.298 e. The van der Waals surface area contributed by atoms with E-state index < -0.39 is 0 Å². The Hall–Kier alpha value is -2.52. The lowest BCUT2D eigenvalue weighted by atomic mass is 9.88. The number of hydrogen-bond acceptors (Lipinski definition) is 2. The fraction of sp³-hybridized carbons (Fsp3) is 0.355. The number of aldehydes is 1. The van der Waals surface area contributed by atoms with E-state index in [1.165, 1.54) is 35.1 Å². The zero-order valence-electron chi connectivity index (χ0n) is 20.9. The molecule has 0 aliphatic carbocycles. The number of hydrogen-bond donors (Lipinski definition) is 0. The molecule has 0 bridgehead atoms. The van der Waals surface area contributed by atoms with Gasteiger partial charge in [-0.1, -0.05) is 85.6 Å². The van der Waals surface area contributed by atoms with Crippen LogP contribution in [0.15, 0.2) is 76.2 Å². The third-order valence-electron chi connectivity index (χ3n) is 6.53. The molecule has 178 valence electrons. The highest BCUT2D eigenvalue weighted by molar-refractivity contribution is 9.10. The van der Waals surface area contributed by atoms with Crippen LogP contribution in [0.2, 0.25) is 0 Å². The van der Waals surface area contributed by atoms with Gasteiger partial charge in [0.2, 0.25) is 0 Å². The van der Waals surface area contributed by atoms with Crippen LogP contribution in [0.1, 0.15) is 91.4 Å². The van der Waals surface area contributed by atoms with Gasteiger partial charge in [-0.3, -0.25) is 9.79 Å². The molecule has 3 aromatic carbocycles. The summed E-state index contributed by atoms with van der Waals surface area (Å²) in [6, 6.07) is 23.2. The number of carbonyl (C=O) groups excluding carboxylic acids is 1. The summed E-state index contributed by atoms with van der Waals surface area (Å²) in [6.07, 6.45) is 6.05. The number of carbonyl (C=O) groups is 1. The Morgan fingerprint density at radius 2 is 1.68 bits per heavy atom. The van der Waals surface area contributed by atoms with Crippen molar-refractivity contribution < 1.29 is 4.79 Å². The second-order valence-corrected chi connectivity index (χ2v) is 10.3. The number of aryl methyl sites for hydroxylation is 2. The van der Waals surface area contributed by atoms with E-state index in [4.69, 9.17) is 4.99 Å². The van der Waals surface area contributed by atoms with E-state index in [9.17, 15) is 4.79 Å². The predicted octanol–water partition coefficient (Wildman–Crippen LogP) is 9.24. The van der Waals surface area contributed by atoms with Gasteiger partial charge in [0.25, 0.3) is 0 Å². The monoisotopic (exact) mass is 517 g/mol. The van der Waals surface area contributed by atoms with Crippen molar-refractivity contribution in [3.8, 4) is 0 Å². The Balaban J connectivity index is 1.79. The first-order valence-corrected chi connectivity index (χ1v) is 13.2. The normalized spacial score (nSPS) is 13.5. The maximum atomic E-state index is 11.4. The maximum Gasteiger partial charge on any atom is 0.150 e. The van der Waals surface area contributed by atoms with Gasteiger partial charge in [0, 0.05) is 15.7 Å². The summed E-state index contributed by atoms with van der Waals surface area (Å²) >= 11 is 3.51. The summed E-state index contributed by atoms with van der Waals surface area (Å²) in [4.78, 5) is 16.5. The molecule has 0 aromatic heterocycles. The van der Waals surface area contributed by atoms with E-state index in [0.29, 0.717) is 11.8 Å². The fourth-order valence-electron chi connectivity index (χ4n) is 4.73. The van der Waals surface area contributed by atoms with Gasteiger partial charge in [0.15, 0.2) is 0 Å². The van der Waals surface area contributed by atoms with Crippen molar-refractivity contribution in [2.75, 3.05) is 0 Å². The van der Waals surface area contributed by atoms with Gasteiger partial charge in [-0.2, -0.15) is 0 Å². The van der Waals surface area contributed by atoms with Gasteiger partial charge in [-0.15, -0.1) is 0 Å². The molecule has 0 saturated carbocycles. The van der Waals surface area contributed by atoms with Gasteiger partial charge in [-0.25, -0.2) is 0 Å². The van der Waals surface area contributed by atoms with E-state index >= 15 is 0 Å². The van der Waals surface area contributed by atoms with Crippen molar-refractivity contribution in [1.82, 2.24) is 0 Å². The third kappa shape index (κ3) is 7.24. The van der Waals surface area contributed by atoms with E-state index in [0.717, 1.165) is 47.0 Å². The molecule has 0 heterocycles. The van der Waals surface area contributed by atoms with Gasteiger partial charge >= 0.3 is 0 Å². The van der Waals surface area contributed by atoms with Crippen LogP contribution < -0.4 is 0 Å². The third-order valence-corrected chi connectivity index (χ3v) is 7.06. The lowest BCUT2D eigenvalue weighted by Gasteiger charge is -2.18. The van der Waals surface area contributed by atoms with Crippen molar-refractivity contribution in [2.45, 2.75) is 71.6 Å². The Kier molecular flexibility index (Phi) is 9.83. The molecular weight excluding hydrogens is 482 g/mol. The Morgan fingerprint density at radius 1 is 0.941 bits per heavy atom. The summed E-state index contributed by atoms with van der Waals surface area (Å²) in [7, 11) is 0. The molecule has 2 atom stereocenters. The van der Waals surface area contributed by atoms with Gasteiger partial charge in [0.05, 0.1) is 5.69 Å². The molecule has 0 N–H and O–H groups in total. The first-order chi connectivity index (χ1) is 16.4. The van der Waals surface area contributed by atoms with Gasteiger partial charge in [0.1, 0.15) is 6.29 Å². The van der Waals surface area contributed by atoms with Crippen LogP contribution in [0.5, 0.6) is 0 Å². The zero-order chi connectivity index (χ0) is 24.5. The van der Waals surface area contributed by atoms with E-state index in [2.05, 4.69) is 104 Å². The number of nitrogens with zero attached hydrogens (tertiary/aromatic N) is 1. The number of benzene rings is 3. The Morgan fingerprint density at radius 3 is 2.38 bits per heavy atom. The van der Waals surface area contributed by atoms with Crippen LogP contribution in [0.25, 0.3) is 0 Å². The minimum atomic E-state index is 0.324. The molecule has 0 fully saturated rings. The molecule has 0 spiro atoms. The molecule has 3 rings (SSSR count). The molecule has 3 aromatic rings. The number of aliphatic imine (C=N–C) groups is 1. The first-order valence-electron chi connectivity index (χ1n) is 12.4. The molecule has 34 heavy (non-hydrogen) atoms. The van der Waals surface area contributed by atoms with Crippen LogP contribution in [-0.4, -0.2) is 12.0 Å². The number of halogens is 1. The van der Waals surface area contributed by atoms with Crippen molar-refractivity contribution >= 4 is 33.6 Å². The van der Waals surface area contributed by atoms with Crippen LogP contribution in [0.4, 0.5) is 5.69 Å². The summed E-state index contributed by atoms with van der Waals surface area (Å²) < 4.78 is 1.09. The van der Waals surface area contributed by atoms with Crippen LogP contribution in [0, 0.1) is 0 Å². The lowest BCUT2D eigenvalue weighted by molar-refractivity contribution is 0.112. The minimum absolute atomic E-state index is 0.324. The van der Waals surface area contributed by atoms with Crippen LogP contribution >= 0.6 is 15.9 Å². The highest BCUT2D eigenvalue weighted by Crippen LogP contribution is 2.31. The fourth-order valence-corrected chi connectivity index (χ4v) is 4.99. The van der Waals surface area contributed by atoms with E-state index in [1.54, 1.807) is 0 Å². The molecule has 0 aliphatic rings. The number of para-hydroxylation sites is 1. The maximum absolute atomic E-state index is 11.4. The average Bonchev–Trinajstić information content (AvgIpc) is 2.83. The molecule has 0 aliphatic heterocycles. The number of rotatable bonds is 11. The average molecular weight is 519 g/mol. The molecule has 0 saturated heterocycles. The molecular formula is C31H36BrNO. The zero-order valence-corrected chi connectivity index (χ0v) is 22.4. The molecule has 3 heteroatoms. The molecule has 0 amide bonds. The topological polar surface area (TPSA) is 29.4 Å². The quantitative estimate of drug-likeness (QED) is 0.184. The van der Waals surface area contributed by atoms with Gasteiger partial charge in [-0.05, 0) is 91.0 Å². The second kappa shape index (κ2) is 12.8. The van der Waals surface area contributed by atoms with E-state index in [-0.39, 0.29) is 0 Å². The van der Waals surface area contributed by atoms with Crippen molar-refractivity contribution in [2.24, 2.45) is 4.99 Å². The highest BCUT2D eigenvalue weighted by atomic mass is 79.9. The smallest absolute Gasteiger partial charge is 0.150 e. The predicted molar refractivity (Wildman–Crippen MR) is 149 cm³/mol. The largest absolute Gasteiger partial charge is 0.298 e. The standard InChI is InChI=1S/C31H36BrNO/c1-5-8-22(2)30-9-6-7-10-31(30)33-24(4)19-23(3)29-18-14-26(21-34)20-27(29)15-11-25-12-16-28(32)17-13-25/h6-7,9-10,12-14,16-18,20-23H,5,8,11,15,19H2,1-4H3. The van der Waals surface area contributed by atoms with Crippen molar-refractivity contribution in [1.29, 1.82) is 0 Å². The highest BCUT2D eigenvalue weighted by Gasteiger charge is 2.14. The van der Waals surface area contributed by atoms with Crippen LogP contribution in [-0.2, 0) is 12.8 Å². The molecule has 2 nitrogen and oxygen atoms in total. The summed E-state index contributed by atoms with van der Waals surface area (Å²) in [6.45, 7) is 8.93. The van der Waals surface area contributed by atoms with Gasteiger partial charge < -0.3 is 0 Å². The summed E-state index contributed by atoms with van der Waals surface area (Å²) in [5, 5.41) is 0. The summed E-state index contributed by atoms with van der Waals surface area (Å²) in [5.41, 5.74) is 8.18. The first kappa shape index (κ1) is 26.1. The second-order valence-electron chi connectivity index (χ2n) is 9.40. The SMILES string of the molecule is CCCC(C)c1ccccc1N=C(C)CC(C)c1ccc(C=O)cc1CCc1ccc(Br)cc1. The Bertz CT molecular complexity index is 1120. The molecule has 0 radical (unpaired) electrons. The van der Waals surface area contributed by atoms with Crippen molar-refractivity contribution in [3.63, 3.8) is 0 Å². The summed E-state index contributed by atoms with van der Waals surface area (Å²) in [5.74, 6) is 0.834. The lowest BCUT2D eigenvalue weighted by Crippen LogP contribution is -2.06. The van der Waals surface area contributed by atoms with E-state index in [1.807, 2.05) is 6.07 Å².